The smallest absolute Gasteiger partial charge is 0.125 e. The maximum absolute atomic E-state index is 5.79. The summed E-state index contributed by atoms with van der Waals surface area (Å²) in [5.74, 6) is 6.80. The van der Waals surface area contributed by atoms with E-state index in [0.29, 0.717) is 5.41 Å². The SMILES string of the molecule is CC(C)(C)CCC(Cc1cc(Br)cc2c1OCC2)NN. The first-order valence-corrected chi connectivity index (χ1v) is 8.08. The minimum absolute atomic E-state index is 0.289. The van der Waals surface area contributed by atoms with Gasteiger partial charge < -0.3 is 4.74 Å². The highest BCUT2D eigenvalue weighted by Gasteiger charge is 2.21. The first-order valence-electron chi connectivity index (χ1n) is 7.29. The third-order valence-corrected chi connectivity index (χ3v) is 4.23. The van der Waals surface area contributed by atoms with Gasteiger partial charge in [-0.15, -0.1) is 0 Å². The Morgan fingerprint density at radius 2 is 2.15 bits per heavy atom. The lowest BCUT2D eigenvalue weighted by Crippen LogP contribution is -2.37. The number of nitrogens with two attached hydrogens (primary N) is 1. The van der Waals surface area contributed by atoms with Gasteiger partial charge in [-0.3, -0.25) is 11.3 Å². The summed E-state index contributed by atoms with van der Waals surface area (Å²) < 4.78 is 6.91. The minimum Gasteiger partial charge on any atom is -0.493 e. The zero-order valence-electron chi connectivity index (χ0n) is 12.6. The van der Waals surface area contributed by atoms with Crippen LogP contribution in [0.25, 0.3) is 0 Å². The second kappa shape index (κ2) is 6.46. The Kier molecular flexibility index (Phi) is 5.10. The normalized spacial score (nSPS) is 15.8. The fraction of sp³-hybridized carbons (Fsp3) is 0.625. The predicted octanol–water partition coefficient (Wildman–Crippen LogP) is 3.58. The molecule has 3 nitrogen and oxygen atoms in total. The second-order valence-corrected chi connectivity index (χ2v) is 7.73. The molecule has 1 unspecified atom stereocenters. The van der Waals surface area contributed by atoms with Crippen molar-refractivity contribution in [3.8, 4) is 5.75 Å². The van der Waals surface area contributed by atoms with Gasteiger partial charge in [0.25, 0.3) is 0 Å². The summed E-state index contributed by atoms with van der Waals surface area (Å²) in [5, 5.41) is 0. The summed E-state index contributed by atoms with van der Waals surface area (Å²) in [7, 11) is 0. The fourth-order valence-electron chi connectivity index (χ4n) is 2.61. The summed E-state index contributed by atoms with van der Waals surface area (Å²) in [6.07, 6.45) is 4.14. The molecule has 0 amide bonds. The number of ether oxygens (including phenoxy) is 1. The Bertz CT molecular complexity index is 468. The third-order valence-electron chi connectivity index (χ3n) is 3.77. The molecule has 0 aliphatic carbocycles. The topological polar surface area (TPSA) is 47.3 Å². The van der Waals surface area contributed by atoms with E-state index in [9.17, 15) is 0 Å². The molecule has 112 valence electrons. The molecule has 0 fully saturated rings. The molecule has 4 heteroatoms. The van der Waals surface area contributed by atoms with Crippen molar-refractivity contribution in [3.05, 3.63) is 27.7 Å². The molecule has 1 atom stereocenters. The number of hydrazine groups is 1. The van der Waals surface area contributed by atoms with Gasteiger partial charge in [0.2, 0.25) is 0 Å². The lowest BCUT2D eigenvalue weighted by Gasteiger charge is -2.23. The standard InChI is InChI=1S/C16H25BrN2O/c1-16(2,3)6-4-14(19-18)10-12-9-13(17)8-11-5-7-20-15(11)12/h8-9,14,19H,4-7,10,18H2,1-3H3. The lowest BCUT2D eigenvalue weighted by atomic mass is 9.87. The van der Waals surface area contributed by atoms with Crippen molar-refractivity contribution in [2.75, 3.05) is 6.61 Å². The van der Waals surface area contributed by atoms with Crippen molar-refractivity contribution in [1.82, 2.24) is 5.43 Å². The van der Waals surface area contributed by atoms with Gasteiger partial charge in [-0.2, -0.15) is 0 Å². The maximum Gasteiger partial charge on any atom is 0.125 e. The quantitative estimate of drug-likeness (QED) is 0.636. The Hall–Kier alpha value is -0.580. The number of hydrogen-bond donors (Lipinski definition) is 2. The van der Waals surface area contributed by atoms with Crippen molar-refractivity contribution in [2.24, 2.45) is 11.3 Å². The molecule has 0 aromatic heterocycles. The number of fused-ring (bicyclic) bond motifs is 1. The van der Waals surface area contributed by atoms with Gasteiger partial charge in [0.15, 0.2) is 0 Å². The van der Waals surface area contributed by atoms with E-state index in [1.54, 1.807) is 0 Å². The predicted molar refractivity (Wildman–Crippen MR) is 86.8 cm³/mol. The first kappa shape index (κ1) is 15.8. The average molecular weight is 341 g/mol. The molecule has 0 saturated heterocycles. The van der Waals surface area contributed by atoms with Gasteiger partial charge >= 0.3 is 0 Å². The van der Waals surface area contributed by atoms with Crippen LogP contribution in [-0.4, -0.2) is 12.6 Å². The summed E-state index contributed by atoms with van der Waals surface area (Å²) in [6.45, 7) is 7.59. The van der Waals surface area contributed by atoms with E-state index in [1.165, 1.54) is 11.1 Å². The molecule has 20 heavy (non-hydrogen) atoms. The van der Waals surface area contributed by atoms with Crippen LogP contribution >= 0.6 is 15.9 Å². The minimum atomic E-state index is 0.289. The summed E-state index contributed by atoms with van der Waals surface area (Å²) in [4.78, 5) is 0. The molecule has 3 N–H and O–H groups in total. The molecule has 0 radical (unpaired) electrons. The maximum atomic E-state index is 5.79. The van der Waals surface area contributed by atoms with Crippen molar-refractivity contribution in [1.29, 1.82) is 0 Å². The van der Waals surface area contributed by atoms with Crippen LogP contribution < -0.4 is 16.0 Å². The van der Waals surface area contributed by atoms with Crippen LogP contribution in [0.15, 0.2) is 16.6 Å². The van der Waals surface area contributed by atoms with Gasteiger partial charge in [0.1, 0.15) is 5.75 Å². The van der Waals surface area contributed by atoms with E-state index in [-0.39, 0.29) is 6.04 Å². The molecule has 1 aromatic rings. The van der Waals surface area contributed by atoms with Crippen LogP contribution in [0.4, 0.5) is 0 Å². The largest absolute Gasteiger partial charge is 0.493 e. The molecular weight excluding hydrogens is 316 g/mol. The fourth-order valence-corrected chi connectivity index (χ4v) is 3.17. The Labute approximate surface area is 130 Å². The molecule has 1 aliphatic heterocycles. The molecule has 0 bridgehead atoms. The van der Waals surface area contributed by atoms with Gasteiger partial charge in [-0.1, -0.05) is 36.7 Å². The molecular formula is C16H25BrN2O. The van der Waals surface area contributed by atoms with E-state index in [2.05, 4.69) is 54.3 Å². The van der Waals surface area contributed by atoms with Crippen molar-refractivity contribution in [2.45, 2.75) is 52.5 Å². The number of rotatable bonds is 5. The highest BCUT2D eigenvalue weighted by molar-refractivity contribution is 9.10. The summed E-state index contributed by atoms with van der Waals surface area (Å²) in [5.41, 5.74) is 5.86. The Balaban J connectivity index is 2.08. The van der Waals surface area contributed by atoms with Crippen molar-refractivity contribution < 1.29 is 4.74 Å². The van der Waals surface area contributed by atoms with Crippen molar-refractivity contribution in [3.63, 3.8) is 0 Å². The average Bonchev–Trinajstić information content (AvgIpc) is 2.81. The van der Waals surface area contributed by atoms with Gasteiger partial charge in [0.05, 0.1) is 6.61 Å². The van der Waals surface area contributed by atoms with E-state index >= 15 is 0 Å². The van der Waals surface area contributed by atoms with Crippen molar-refractivity contribution >= 4 is 15.9 Å². The van der Waals surface area contributed by atoms with Crippen LogP contribution in [0.2, 0.25) is 0 Å². The van der Waals surface area contributed by atoms with Crippen LogP contribution in [0.5, 0.6) is 5.75 Å². The Morgan fingerprint density at radius 3 is 2.80 bits per heavy atom. The van der Waals surface area contributed by atoms with E-state index < -0.39 is 0 Å². The zero-order chi connectivity index (χ0) is 14.8. The molecule has 0 saturated carbocycles. The molecule has 1 heterocycles. The van der Waals surface area contributed by atoms with Crippen LogP contribution in [0.3, 0.4) is 0 Å². The van der Waals surface area contributed by atoms with Crippen LogP contribution in [0.1, 0.15) is 44.7 Å². The second-order valence-electron chi connectivity index (χ2n) is 6.82. The monoisotopic (exact) mass is 340 g/mol. The molecule has 1 aliphatic rings. The van der Waals surface area contributed by atoms with Crippen LogP contribution in [-0.2, 0) is 12.8 Å². The van der Waals surface area contributed by atoms with Gasteiger partial charge in [-0.05, 0) is 47.9 Å². The third kappa shape index (κ3) is 4.21. The number of benzene rings is 1. The van der Waals surface area contributed by atoms with Gasteiger partial charge in [-0.25, -0.2) is 0 Å². The number of halogens is 1. The highest BCUT2D eigenvalue weighted by atomic mass is 79.9. The molecule has 2 rings (SSSR count). The van der Waals surface area contributed by atoms with E-state index in [1.807, 2.05) is 0 Å². The highest BCUT2D eigenvalue weighted by Crippen LogP contribution is 2.34. The number of nitrogens with one attached hydrogen (secondary N) is 1. The first-order chi connectivity index (χ1) is 9.39. The summed E-state index contributed by atoms with van der Waals surface area (Å²) >= 11 is 3.59. The number of hydrogen-bond acceptors (Lipinski definition) is 3. The molecule has 0 spiro atoms. The van der Waals surface area contributed by atoms with E-state index in [4.69, 9.17) is 10.6 Å². The lowest BCUT2D eigenvalue weighted by molar-refractivity contribution is 0.325. The zero-order valence-corrected chi connectivity index (χ0v) is 14.2. The van der Waals surface area contributed by atoms with Gasteiger partial charge in [0, 0.05) is 16.9 Å². The summed E-state index contributed by atoms with van der Waals surface area (Å²) in [6, 6.07) is 4.61. The Morgan fingerprint density at radius 1 is 1.40 bits per heavy atom. The van der Waals surface area contributed by atoms with E-state index in [0.717, 1.165) is 42.5 Å². The van der Waals surface area contributed by atoms with Crippen LogP contribution in [0, 0.1) is 5.41 Å². The molecule has 1 aromatic carbocycles.